The summed E-state index contributed by atoms with van der Waals surface area (Å²) in [5.74, 6) is -1.22. The molecule has 0 bridgehead atoms. The lowest BCUT2D eigenvalue weighted by Gasteiger charge is -2.25. The van der Waals surface area contributed by atoms with Crippen molar-refractivity contribution in [2.45, 2.75) is 46.1 Å². The molecule has 1 atom stereocenters. The SMILES string of the molecule is CCOC(=O)CC(=O)c1nc(Br)cn1NC(O)OC(C)(C)C. The molecule has 0 saturated heterocycles. The molecule has 0 fully saturated rings. The third-order valence-corrected chi connectivity index (χ3v) is 2.63. The Morgan fingerprint density at radius 2 is 2.14 bits per heavy atom. The molecule has 0 radical (unpaired) electrons. The zero-order valence-electron chi connectivity index (χ0n) is 12.9. The number of aliphatic hydroxyl groups is 1. The summed E-state index contributed by atoms with van der Waals surface area (Å²) in [6, 6.07) is 0. The second kappa shape index (κ2) is 7.70. The smallest absolute Gasteiger partial charge is 0.313 e. The summed E-state index contributed by atoms with van der Waals surface area (Å²) in [6.45, 7) is 7.17. The lowest BCUT2D eigenvalue weighted by molar-refractivity contribution is -0.154. The summed E-state index contributed by atoms with van der Waals surface area (Å²) in [5.41, 5.74) is 1.97. The van der Waals surface area contributed by atoms with Crippen LogP contribution in [0.4, 0.5) is 0 Å². The van der Waals surface area contributed by atoms with Gasteiger partial charge in [-0.3, -0.25) is 15.0 Å². The number of carbonyl (C=O) groups is 2. The summed E-state index contributed by atoms with van der Waals surface area (Å²) >= 11 is 3.14. The fourth-order valence-corrected chi connectivity index (χ4v) is 1.92. The van der Waals surface area contributed by atoms with Crippen LogP contribution in [0.25, 0.3) is 0 Å². The van der Waals surface area contributed by atoms with Crippen LogP contribution in [-0.2, 0) is 14.3 Å². The van der Waals surface area contributed by atoms with Crippen molar-refractivity contribution in [3.63, 3.8) is 0 Å². The highest BCUT2D eigenvalue weighted by atomic mass is 79.9. The van der Waals surface area contributed by atoms with Crippen molar-refractivity contribution >= 4 is 27.7 Å². The lowest BCUT2D eigenvalue weighted by atomic mass is 10.2. The van der Waals surface area contributed by atoms with Crippen LogP contribution in [-0.4, -0.2) is 45.1 Å². The van der Waals surface area contributed by atoms with Crippen LogP contribution in [0.2, 0.25) is 0 Å². The number of ketones is 1. The van der Waals surface area contributed by atoms with E-state index in [-0.39, 0.29) is 12.4 Å². The topological polar surface area (TPSA) is 103 Å². The first-order valence-electron chi connectivity index (χ1n) is 6.68. The fraction of sp³-hybridized carbons (Fsp3) is 0.615. The molecule has 0 aliphatic heterocycles. The number of Topliss-reactive ketones (excluding diaryl/α,β-unsaturated/α-hetero) is 1. The molecule has 0 spiro atoms. The summed E-state index contributed by atoms with van der Waals surface area (Å²) < 4.78 is 11.6. The fourth-order valence-electron chi connectivity index (χ4n) is 1.55. The number of aliphatic hydroxyl groups excluding tert-OH is 1. The van der Waals surface area contributed by atoms with Gasteiger partial charge in [0.25, 0.3) is 0 Å². The first-order chi connectivity index (χ1) is 10.1. The Kier molecular flexibility index (Phi) is 6.51. The predicted molar refractivity (Wildman–Crippen MR) is 81.7 cm³/mol. The molecule has 0 saturated carbocycles. The third kappa shape index (κ3) is 6.12. The van der Waals surface area contributed by atoms with E-state index in [0.29, 0.717) is 4.60 Å². The number of ether oxygens (including phenoxy) is 2. The molecule has 1 rings (SSSR count). The molecule has 0 aliphatic carbocycles. The monoisotopic (exact) mass is 377 g/mol. The van der Waals surface area contributed by atoms with Crippen LogP contribution < -0.4 is 5.43 Å². The van der Waals surface area contributed by atoms with Crippen LogP contribution in [0.1, 0.15) is 44.7 Å². The highest BCUT2D eigenvalue weighted by molar-refractivity contribution is 9.10. The lowest BCUT2D eigenvalue weighted by Crippen LogP contribution is -2.37. The quantitative estimate of drug-likeness (QED) is 0.320. The first-order valence-corrected chi connectivity index (χ1v) is 7.48. The van der Waals surface area contributed by atoms with E-state index < -0.39 is 30.2 Å². The third-order valence-electron chi connectivity index (χ3n) is 2.25. The standard InChI is InChI=1S/C13H20BrN3O5/c1-5-21-10(19)6-8(18)11-15-9(14)7-17(11)16-12(20)22-13(2,3)4/h7,12,16,20H,5-6H2,1-4H3. The number of imidazole rings is 1. The van der Waals surface area contributed by atoms with Gasteiger partial charge in [-0.15, -0.1) is 0 Å². The summed E-state index contributed by atoms with van der Waals surface area (Å²) in [7, 11) is 0. The van der Waals surface area contributed by atoms with Gasteiger partial charge in [0.15, 0.2) is 5.82 Å². The minimum absolute atomic E-state index is 0.0449. The average Bonchev–Trinajstić information content (AvgIpc) is 2.67. The molecule has 2 N–H and O–H groups in total. The van der Waals surface area contributed by atoms with Gasteiger partial charge in [-0.25, -0.2) is 9.66 Å². The number of carbonyl (C=O) groups excluding carboxylic acids is 2. The maximum absolute atomic E-state index is 12.1. The Morgan fingerprint density at radius 3 is 2.68 bits per heavy atom. The van der Waals surface area contributed by atoms with Crippen LogP contribution in [0.3, 0.4) is 0 Å². The highest BCUT2D eigenvalue weighted by Crippen LogP contribution is 2.13. The van der Waals surface area contributed by atoms with Gasteiger partial charge >= 0.3 is 5.97 Å². The largest absolute Gasteiger partial charge is 0.466 e. The Labute approximate surface area is 136 Å². The Morgan fingerprint density at radius 1 is 1.50 bits per heavy atom. The zero-order valence-corrected chi connectivity index (χ0v) is 14.5. The van der Waals surface area contributed by atoms with Crippen LogP contribution in [0, 0.1) is 0 Å². The molecule has 0 amide bonds. The number of hydrogen-bond donors (Lipinski definition) is 2. The predicted octanol–water partition coefficient (Wildman–Crippen LogP) is 1.42. The Balaban J connectivity index is 2.81. The second-order valence-corrected chi connectivity index (χ2v) is 6.19. The number of rotatable bonds is 7. The van der Waals surface area contributed by atoms with Gasteiger partial charge in [-0.1, -0.05) is 0 Å². The van der Waals surface area contributed by atoms with Crippen LogP contribution in [0.5, 0.6) is 0 Å². The van der Waals surface area contributed by atoms with E-state index in [4.69, 9.17) is 9.47 Å². The second-order valence-electron chi connectivity index (χ2n) is 5.37. The molecule has 8 nitrogen and oxygen atoms in total. The molecule has 1 heterocycles. The molecule has 22 heavy (non-hydrogen) atoms. The van der Waals surface area contributed by atoms with E-state index in [0.717, 1.165) is 0 Å². The molecule has 0 aromatic carbocycles. The van der Waals surface area contributed by atoms with Gasteiger partial charge in [-0.2, -0.15) is 0 Å². The molecule has 1 aromatic heterocycles. The number of esters is 1. The van der Waals surface area contributed by atoms with Gasteiger partial charge in [0.2, 0.25) is 12.2 Å². The van der Waals surface area contributed by atoms with Gasteiger partial charge in [0.05, 0.1) is 18.4 Å². The molecule has 1 aromatic rings. The van der Waals surface area contributed by atoms with Crippen molar-refractivity contribution in [3.8, 4) is 0 Å². The van der Waals surface area contributed by atoms with Crippen LogP contribution in [0.15, 0.2) is 10.8 Å². The van der Waals surface area contributed by atoms with E-state index in [1.54, 1.807) is 27.7 Å². The van der Waals surface area contributed by atoms with E-state index in [1.165, 1.54) is 10.9 Å². The minimum atomic E-state index is -1.35. The summed E-state index contributed by atoms with van der Waals surface area (Å²) in [5, 5.41) is 9.82. The number of nitrogens with zero attached hydrogens (tertiary/aromatic N) is 2. The van der Waals surface area contributed by atoms with E-state index in [2.05, 4.69) is 26.3 Å². The zero-order chi connectivity index (χ0) is 16.9. The van der Waals surface area contributed by atoms with Crippen molar-refractivity contribution < 1.29 is 24.2 Å². The molecule has 0 aliphatic rings. The van der Waals surface area contributed by atoms with Crippen molar-refractivity contribution in [1.82, 2.24) is 9.66 Å². The molecular formula is C13H20BrN3O5. The number of nitrogens with one attached hydrogen (secondary N) is 1. The number of aromatic nitrogens is 2. The molecule has 124 valence electrons. The van der Waals surface area contributed by atoms with E-state index in [9.17, 15) is 14.7 Å². The van der Waals surface area contributed by atoms with E-state index in [1.807, 2.05) is 0 Å². The van der Waals surface area contributed by atoms with E-state index >= 15 is 0 Å². The summed E-state index contributed by atoms with van der Waals surface area (Å²) in [4.78, 5) is 27.4. The average molecular weight is 378 g/mol. The first kappa shape index (κ1) is 18.6. The minimum Gasteiger partial charge on any atom is -0.466 e. The maximum atomic E-state index is 12.1. The Hall–Kier alpha value is -1.45. The molecular weight excluding hydrogens is 358 g/mol. The summed E-state index contributed by atoms with van der Waals surface area (Å²) in [6.07, 6.45) is -0.349. The number of hydrogen-bond acceptors (Lipinski definition) is 7. The molecule has 9 heteroatoms. The van der Waals surface area contributed by atoms with Gasteiger partial charge in [-0.05, 0) is 43.6 Å². The van der Waals surface area contributed by atoms with Crippen molar-refractivity contribution in [2.75, 3.05) is 12.0 Å². The Bertz CT molecular complexity index is 538. The highest BCUT2D eigenvalue weighted by Gasteiger charge is 2.22. The van der Waals surface area contributed by atoms with Crippen molar-refractivity contribution in [3.05, 3.63) is 16.6 Å². The normalized spacial score (nSPS) is 12.8. The maximum Gasteiger partial charge on any atom is 0.313 e. The molecule has 1 unspecified atom stereocenters. The van der Waals surface area contributed by atoms with Crippen LogP contribution >= 0.6 is 15.9 Å². The number of halogens is 1. The van der Waals surface area contributed by atoms with Gasteiger partial charge in [0.1, 0.15) is 11.0 Å². The van der Waals surface area contributed by atoms with Crippen molar-refractivity contribution in [1.29, 1.82) is 0 Å². The van der Waals surface area contributed by atoms with Gasteiger partial charge < -0.3 is 14.6 Å². The van der Waals surface area contributed by atoms with Crippen molar-refractivity contribution in [2.24, 2.45) is 0 Å². The van der Waals surface area contributed by atoms with Gasteiger partial charge in [0, 0.05) is 0 Å².